The Hall–Kier alpha value is -6.02. The first-order chi connectivity index (χ1) is 33.3. The van der Waals surface area contributed by atoms with E-state index in [1.165, 1.54) is 6.92 Å². The lowest BCUT2D eigenvalue weighted by atomic mass is 9.93. The number of rotatable bonds is 14. The molecule has 6 unspecified atom stereocenters. The monoisotopic (exact) mass is 1000 g/mol. The summed E-state index contributed by atoms with van der Waals surface area (Å²) in [6.45, 7) is 3.16. The van der Waals surface area contributed by atoms with E-state index < -0.39 is 146 Å². The number of primary amides is 1. The van der Waals surface area contributed by atoms with E-state index in [1.54, 1.807) is 32.0 Å². The van der Waals surface area contributed by atoms with Crippen molar-refractivity contribution in [2.75, 3.05) is 45.1 Å². The maximum atomic E-state index is 14.6. The maximum absolute atomic E-state index is 14.6. The van der Waals surface area contributed by atoms with Crippen molar-refractivity contribution in [2.24, 2.45) is 23.3 Å². The Labute approximate surface area is 408 Å². The molecule has 4 heterocycles. The third-order valence-electron chi connectivity index (χ3n) is 12.7. The van der Waals surface area contributed by atoms with E-state index in [1.807, 2.05) is 0 Å². The van der Waals surface area contributed by atoms with Crippen molar-refractivity contribution in [1.82, 2.24) is 47.1 Å². The van der Waals surface area contributed by atoms with Gasteiger partial charge >= 0.3 is 0 Å². The van der Waals surface area contributed by atoms with Gasteiger partial charge in [-0.15, -0.1) is 11.8 Å². The minimum absolute atomic E-state index is 0.282. The number of ether oxygens (including phenoxy) is 1. The van der Waals surface area contributed by atoms with Gasteiger partial charge in [-0.25, -0.2) is 0 Å². The predicted octanol–water partition coefficient (Wildman–Crippen LogP) is -3.74. The zero-order valence-corrected chi connectivity index (χ0v) is 40.4. The number of aromatic amines is 1. The number of carbonyl (C=O) groups is 9. The molecule has 386 valence electrons. The van der Waals surface area contributed by atoms with Crippen LogP contribution in [-0.4, -0.2) is 172 Å². The molecule has 1 fully saturated rings. The normalized spacial score (nSPS) is 26.0. The number of thioether (sulfide) groups is 1. The average molecular weight is 1000 g/mol. The highest BCUT2D eigenvalue weighted by molar-refractivity contribution is 7.99. The number of carbonyl (C=O) groups excluding carboxylic acids is 9. The van der Waals surface area contributed by atoms with Crippen molar-refractivity contribution in [3.05, 3.63) is 23.8 Å². The second-order valence-electron chi connectivity index (χ2n) is 18.0. The fraction of sp³-hybridized carbons (Fsp3) is 0.622. The summed E-state index contributed by atoms with van der Waals surface area (Å²) in [7, 11) is 0. The minimum atomic E-state index is -1.74. The molecule has 70 heavy (non-hydrogen) atoms. The number of H-pyrrole nitrogens is 1. The number of benzene rings is 1. The van der Waals surface area contributed by atoms with Gasteiger partial charge in [-0.1, -0.05) is 40.0 Å². The molecule has 2 aromatic rings. The molecule has 3 aliphatic heterocycles. The average Bonchev–Trinajstić information content (AvgIpc) is 3.89. The van der Waals surface area contributed by atoms with Gasteiger partial charge in [0.05, 0.1) is 55.5 Å². The third-order valence-corrected chi connectivity index (χ3v) is 13.9. The molecule has 2 bridgehead atoms. The Morgan fingerprint density at radius 2 is 1.56 bits per heavy atom. The number of nitrogens with zero attached hydrogens (tertiary/aromatic N) is 1. The molecule has 24 nitrogen and oxygen atoms in total. The number of aromatic nitrogens is 1. The van der Waals surface area contributed by atoms with Crippen LogP contribution in [0.3, 0.4) is 0 Å². The molecule has 9 amide bonds. The van der Waals surface area contributed by atoms with Gasteiger partial charge in [0, 0.05) is 42.5 Å². The smallest absolute Gasteiger partial charge is 0.246 e. The van der Waals surface area contributed by atoms with Crippen LogP contribution in [0.15, 0.2) is 23.2 Å². The highest BCUT2D eigenvalue weighted by Crippen LogP contribution is 2.34. The largest absolute Gasteiger partial charge is 0.494 e. The van der Waals surface area contributed by atoms with Gasteiger partial charge < -0.3 is 78.6 Å². The van der Waals surface area contributed by atoms with E-state index >= 15 is 0 Å². The lowest BCUT2D eigenvalue weighted by Gasteiger charge is -2.32. The molecular weight excluding hydrogens is 935 g/mol. The molecule has 1 saturated heterocycles. The Morgan fingerprint density at radius 3 is 2.24 bits per heavy atom. The number of nitrogens with one attached hydrogen (secondary N) is 8. The van der Waals surface area contributed by atoms with Gasteiger partial charge in [0.15, 0.2) is 0 Å². The number of unbranched alkanes of at least 4 members (excludes halogenated alkanes) is 3. The molecule has 10 atom stereocenters. The van der Waals surface area contributed by atoms with Gasteiger partial charge in [0.2, 0.25) is 53.2 Å². The zero-order valence-electron chi connectivity index (χ0n) is 39.5. The van der Waals surface area contributed by atoms with Crippen molar-refractivity contribution in [2.45, 2.75) is 126 Å². The van der Waals surface area contributed by atoms with Crippen LogP contribution in [0, 0.1) is 11.8 Å². The highest BCUT2D eigenvalue weighted by atomic mass is 32.2. The van der Waals surface area contributed by atoms with E-state index in [0.29, 0.717) is 46.8 Å². The van der Waals surface area contributed by atoms with E-state index in [0.717, 1.165) is 42.3 Å². The molecule has 5 rings (SSSR count). The van der Waals surface area contributed by atoms with E-state index in [9.17, 15) is 58.5 Å². The first kappa shape index (κ1) is 54.9. The molecule has 25 heteroatoms. The summed E-state index contributed by atoms with van der Waals surface area (Å²) in [6.07, 6.45) is -0.443. The number of aliphatic hydroxyl groups excluding tert-OH is 3. The number of hydrogen-bond acceptors (Lipinski definition) is 15. The van der Waals surface area contributed by atoms with Crippen molar-refractivity contribution in [1.29, 1.82) is 0 Å². The fourth-order valence-electron chi connectivity index (χ4n) is 8.43. The maximum Gasteiger partial charge on any atom is 0.246 e. The number of nitrogens with two attached hydrogens (primary N) is 2. The quantitative estimate of drug-likeness (QED) is 0.0809. The minimum Gasteiger partial charge on any atom is -0.494 e. The molecule has 0 aliphatic carbocycles. The second-order valence-corrected chi connectivity index (χ2v) is 19.0. The first-order valence-corrected chi connectivity index (χ1v) is 24.5. The van der Waals surface area contributed by atoms with Crippen molar-refractivity contribution in [3.63, 3.8) is 0 Å². The lowest BCUT2D eigenvalue weighted by molar-refractivity contribution is -0.144. The summed E-state index contributed by atoms with van der Waals surface area (Å²) in [4.78, 5) is 129. The van der Waals surface area contributed by atoms with Crippen LogP contribution in [0.25, 0.3) is 10.9 Å². The van der Waals surface area contributed by atoms with Gasteiger partial charge in [0.1, 0.15) is 42.0 Å². The Kier molecular flexibility index (Phi) is 20.2. The van der Waals surface area contributed by atoms with Crippen molar-refractivity contribution in [3.8, 4) is 5.75 Å². The topological polar surface area (TPSA) is 379 Å². The lowest BCUT2D eigenvalue weighted by Crippen LogP contribution is -2.62. The van der Waals surface area contributed by atoms with Crippen molar-refractivity contribution < 1.29 is 63.2 Å². The van der Waals surface area contributed by atoms with Gasteiger partial charge in [-0.2, -0.15) is 0 Å². The van der Waals surface area contributed by atoms with Crippen LogP contribution in [-0.2, 0) is 49.6 Å². The Balaban J connectivity index is 1.69. The molecule has 3 aliphatic rings. The van der Waals surface area contributed by atoms with Crippen LogP contribution in [0.5, 0.6) is 5.75 Å². The molecule has 0 saturated carbocycles. The van der Waals surface area contributed by atoms with Gasteiger partial charge in [0.25, 0.3) is 0 Å². The SMILES string of the molecule is CC[C@H](C)C1NC(=O)CNC(=O)C2Cc3c([nH]c4cc(OCCCCCCN)ccc34)SCC(NC(=O)CNC1=O)C(=O)N[C@@H](CC(N)=O)C(=O)N1CC(O)CC1C(=O)N[C@@H]([C@@H](C)C(O)CO)C(=O)N2. The standard InChI is InChI=1S/C45H67N11O13S/c1-4-22(2)37-42(66)49-17-35(61)50-31-21-70-44-27(26-10-9-25(14-28(26)53-44)69-12-8-6-5-7-11-46)15-29(39(63)48-18-36(62)54-37)51-43(67)38(23(3)33(59)20-57)55-41(65)32-13-24(58)19-56(32)45(68)30(16-34(47)60)52-40(31)64/h9-10,14,22-24,29-33,37-38,53,57-59H,4-8,11-13,15-21,46H2,1-3H3,(H2,47,60)(H,48,63)(H,49,66)(H,50,61)(H,51,67)(H,52,64)(H,54,62)(H,55,65)/t22-,23-,24?,29?,30-,31?,32?,33?,37?,38-/m0/s1. The molecular formula is C45H67N11O13S. The van der Waals surface area contributed by atoms with Crippen LogP contribution in [0.1, 0.15) is 71.3 Å². The number of amides is 9. The molecule has 0 radical (unpaired) electrons. The number of fused-ring (bicyclic) bond motifs is 5. The predicted molar refractivity (Wildman–Crippen MR) is 253 cm³/mol. The van der Waals surface area contributed by atoms with E-state index in [-0.39, 0.29) is 18.6 Å². The van der Waals surface area contributed by atoms with E-state index in [4.69, 9.17) is 16.2 Å². The molecule has 1 aromatic heterocycles. The second kappa shape index (κ2) is 25.7. The summed E-state index contributed by atoms with van der Waals surface area (Å²) in [6, 6.07) is -4.05. The summed E-state index contributed by atoms with van der Waals surface area (Å²) >= 11 is 1.01. The molecule has 0 spiro atoms. The third kappa shape index (κ3) is 14.5. The fourth-order valence-corrected chi connectivity index (χ4v) is 9.55. The van der Waals surface area contributed by atoms with Crippen LogP contribution < -0.4 is 53.4 Å². The molecule has 15 N–H and O–H groups in total. The number of hydrogen-bond donors (Lipinski definition) is 13. The van der Waals surface area contributed by atoms with Crippen LogP contribution in [0.4, 0.5) is 0 Å². The summed E-state index contributed by atoms with van der Waals surface area (Å²) in [5, 5.41) is 50.3. The summed E-state index contributed by atoms with van der Waals surface area (Å²) < 4.78 is 6.05. The Morgan fingerprint density at radius 1 is 0.857 bits per heavy atom. The number of aliphatic hydroxyl groups is 3. The van der Waals surface area contributed by atoms with Gasteiger partial charge in [-0.3, -0.25) is 43.2 Å². The highest BCUT2D eigenvalue weighted by Gasteiger charge is 2.45. The first-order valence-electron chi connectivity index (χ1n) is 23.6. The molecule has 1 aromatic carbocycles. The van der Waals surface area contributed by atoms with Crippen LogP contribution in [0.2, 0.25) is 0 Å². The van der Waals surface area contributed by atoms with Gasteiger partial charge in [-0.05, 0) is 43.0 Å². The van der Waals surface area contributed by atoms with E-state index in [2.05, 4.69) is 42.2 Å². The summed E-state index contributed by atoms with van der Waals surface area (Å²) in [5.74, 6) is -9.85. The Bertz CT molecular complexity index is 2250. The summed E-state index contributed by atoms with van der Waals surface area (Å²) in [5.41, 5.74) is 12.1. The van der Waals surface area contributed by atoms with Crippen LogP contribution >= 0.6 is 11.8 Å². The zero-order chi connectivity index (χ0) is 51.2. The van der Waals surface area contributed by atoms with Crippen molar-refractivity contribution >= 4 is 75.8 Å².